The highest BCUT2D eigenvalue weighted by Gasteiger charge is 2.39. The Hall–Kier alpha value is -3.48. The Morgan fingerprint density at radius 2 is 2.00 bits per heavy atom. The van der Waals surface area contributed by atoms with Crippen molar-refractivity contribution in [2.75, 3.05) is 31.8 Å². The molecular weight excluding hydrogens is 396 g/mol. The van der Waals surface area contributed by atoms with Gasteiger partial charge in [0.2, 0.25) is 0 Å². The molecule has 0 aromatic heterocycles. The largest absolute Gasteiger partial charge is 0.493 e. The lowest BCUT2D eigenvalue weighted by Crippen LogP contribution is -2.48. The Bertz CT molecular complexity index is 1020. The predicted octanol–water partition coefficient (Wildman–Crippen LogP) is 3.80. The quantitative estimate of drug-likeness (QED) is 0.686. The predicted molar refractivity (Wildman–Crippen MR) is 117 cm³/mol. The minimum absolute atomic E-state index is 0.0876. The van der Waals surface area contributed by atoms with Crippen molar-refractivity contribution in [3.63, 3.8) is 0 Å². The van der Waals surface area contributed by atoms with Crippen LogP contribution in [0.3, 0.4) is 0 Å². The first-order valence-corrected chi connectivity index (χ1v) is 10.3. The third-order valence-electron chi connectivity index (χ3n) is 5.66. The van der Waals surface area contributed by atoms with Crippen molar-refractivity contribution in [1.29, 1.82) is 0 Å². The summed E-state index contributed by atoms with van der Waals surface area (Å²) in [5, 5.41) is 0. The molecule has 2 aromatic rings. The van der Waals surface area contributed by atoms with Gasteiger partial charge in [-0.3, -0.25) is 9.69 Å². The number of methoxy groups -OCH3 is 1. The molecule has 1 atom stereocenters. The second-order valence-corrected chi connectivity index (χ2v) is 7.49. The molecule has 0 radical (unpaired) electrons. The average molecular weight is 422 g/mol. The van der Waals surface area contributed by atoms with Gasteiger partial charge < -0.3 is 19.1 Å². The minimum atomic E-state index is -0.526. The second-order valence-electron chi connectivity index (χ2n) is 7.49. The van der Waals surface area contributed by atoms with Crippen LogP contribution >= 0.6 is 0 Å². The van der Waals surface area contributed by atoms with Gasteiger partial charge >= 0.3 is 6.09 Å². The van der Waals surface area contributed by atoms with E-state index in [-0.39, 0.29) is 18.6 Å². The molecule has 0 unspecified atom stereocenters. The van der Waals surface area contributed by atoms with Crippen LogP contribution in [0, 0.1) is 0 Å². The molecule has 0 spiro atoms. The first kappa shape index (κ1) is 20.8. The summed E-state index contributed by atoms with van der Waals surface area (Å²) in [5.74, 6) is 0.778. The van der Waals surface area contributed by atoms with Crippen LogP contribution in [0.2, 0.25) is 0 Å². The van der Waals surface area contributed by atoms with E-state index >= 15 is 0 Å². The number of rotatable bonds is 5. The number of carbonyl (C=O) groups excluding carboxylic acids is 2. The summed E-state index contributed by atoms with van der Waals surface area (Å²) >= 11 is 0. The molecule has 2 heterocycles. The smallest absolute Gasteiger partial charge is 0.414 e. The summed E-state index contributed by atoms with van der Waals surface area (Å²) in [6, 6.07) is 11.3. The zero-order valence-corrected chi connectivity index (χ0v) is 17.8. The van der Waals surface area contributed by atoms with Crippen LogP contribution in [0.15, 0.2) is 49.1 Å². The number of fused-ring (bicyclic) bond motifs is 3. The molecule has 162 valence electrons. The lowest BCUT2D eigenvalue weighted by atomic mass is 9.93. The minimum Gasteiger partial charge on any atom is -0.493 e. The van der Waals surface area contributed by atoms with Gasteiger partial charge in [0, 0.05) is 12.6 Å². The molecule has 0 saturated heterocycles. The molecule has 2 aromatic carbocycles. The van der Waals surface area contributed by atoms with Crippen LogP contribution in [-0.4, -0.2) is 49.8 Å². The van der Waals surface area contributed by atoms with Crippen molar-refractivity contribution in [2.45, 2.75) is 25.9 Å². The lowest BCUT2D eigenvalue weighted by molar-refractivity contribution is 0.0654. The van der Waals surface area contributed by atoms with Gasteiger partial charge in [-0.1, -0.05) is 36.9 Å². The molecule has 2 aliphatic heterocycles. The van der Waals surface area contributed by atoms with Crippen LogP contribution in [0.1, 0.15) is 28.4 Å². The number of carbonyl (C=O) groups is 2. The molecule has 2 aliphatic rings. The number of ether oxygens (including phenoxy) is 3. The van der Waals surface area contributed by atoms with E-state index in [4.69, 9.17) is 14.2 Å². The van der Waals surface area contributed by atoms with Gasteiger partial charge in [0.1, 0.15) is 6.61 Å². The standard InChI is InChI=1S/C24H26N2O5/c1-4-10-31-24(28)26-15-18-11-16-8-6-7-9-17(16)14-25(18)23(27)19-12-21(29-3)22(30-5-2)13-20(19)26/h4,6-9,12-13,18H,1,5,10-11,14-15H2,2-3H3/t18-/m0/s1. The van der Waals surface area contributed by atoms with E-state index < -0.39 is 6.09 Å². The highest BCUT2D eigenvalue weighted by molar-refractivity contribution is 6.05. The van der Waals surface area contributed by atoms with Gasteiger partial charge in [-0.2, -0.15) is 0 Å². The monoisotopic (exact) mass is 422 g/mol. The summed E-state index contributed by atoms with van der Waals surface area (Å²) in [6.45, 7) is 6.80. The van der Waals surface area contributed by atoms with Gasteiger partial charge in [-0.05, 0) is 30.5 Å². The van der Waals surface area contributed by atoms with E-state index in [0.717, 1.165) is 5.56 Å². The molecular formula is C24H26N2O5. The first-order valence-electron chi connectivity index (χ1n) is 10.3. The second kappa shape index (κ2) is 8.71. The summed E-state index contributed by atoms with van der Waals surface area (Å²) < 4.78 is 16.5. The van der Waals surface area contributed by atoms with Gasteiger partial charge in [-0.25, -0.2) is 4.79 Å². The maximum absolute atomic E-state index is 13.6. The van der Waals surface area contributed by atoms with Crippen molar-refractivity contribution in [2.24, 2.45) is 0 Å². The van der Waals surface area contributed by atoms with Crippen molar-refractivity contribution < 1.29 is 23.8 Å². The number of hydrogen-bond donors (Lipinski definition) is 0. The normalized spacial score (nSPS) is 17.1. The van der Waals surface area contributed by atoms with Gasteiger partial charge in [0.25, 0.3) is 5.91 Å². The van der Waals surface area contributed by atoms with E-state index in [2.05, 4.69) is 12.6 Å². The summed E-state index contributed by atoms with van der Waals surface area (Å²) in [7, 11) is 1.53. The van der Waals surface area contributed by atoms with E-state index in [1.54, 1.807) is 12.1 Å². The van der Waals surface area contributed by atoms with Crippen LogP contribution < -0.4 is 14.4 Å². The Balaban J connectivity index is 1.82. The van der Waals surface area contributed by atoms with Crippen LogP contribution in [-0.2, 0) is 17.7 Å². The molecule has 31 heavy (non-hydrogen) atoms. The summed E-state index contributed by atoms with van der Waals surface area (Å²) in [6.07, 6.45) is 1.66. The number of hydrogen-bond acceptors (Lipinski definition) is 5. The van der Waals surface area contributed by atoms with Crippen molar-refractivity contribution >= 4 is 17.7 Å². The molecule has 0 aliphatic carbocycles. The Morgan fingerprint density at radius 1 is 1.23 bits per heavy atom. The highest BCUT2D eigenvalue weighted by Crippen LogP contribution is 2.40. The molecule has 0 bridgehead atoms. The highest BCUT2D eigenvalue weighted by atomic mass is 16.6. The lowest BCUT2D eigenvalue weighted by Gasteiger charge is -2.36. The Kier molecular flexibility index (Phi) is 5.84. The maximum atomic E-state index is 13.6. The summed E-state index contributed by atoms with van der Waals surface area (Å²) in [4.78, 5) is 30.0. The molecule has 0 N–H and O–H groups in total. The van der Waals surface area contributed by atoms with Crippen LogP contribution in [0.25, 0.3) is 0 Å². The van der Waals surface area contributed by atoms with Crippen molar-refractivity contribution in [3.05, 3.63) is 65.7 Å². The van der Waals surface area contributed by atoms with Crippen LogP contribution in [0.5, 0.6) is 11.5 Å². The van der Waals surface area contributed by atoms with Gasteiger partial charge in [-0.15, -0.1) is 0 Å². The van der Waals surface area contributed by atoms with E-state index in [0.29, 0.717) is 48.9 Å². The van der Waals surface area contributed by atoms with Gasteiger partial charge in [0.15, 0.2) is 11.5 Å². The van der Waals surface area contributed by atoms with E-state index in [1.165, 1.54) is 23.6 Å². The number of nitrogens with zero attached hydrogens (tertiary/aromatic N) is 2. The number of amides is 2. The molecule has 4 rings (SSSR count). The molecule has 7 nitrogen and oxygen atoms in total. The van der Waals surface area contributed by atoms with Crippen molar-refractivity contribution in [3.8, 4) is 11.5 Å². The Labute approximate surface area is 181 Å². The topological polar surface area (TPSA) is 68.3 Å². The third kappa shape index (κ3) is 3.83. The van der Waals surface area contributed by atoms with Gasteiger partial charge in [0.05, 0.1) is 37.6 Å². The van der Waals surface area contributed by atoms with Crippen LogP contribution in [0.4, 0.5) is 10.5 Å². The zero-order chi connectivity index (χ0) is 22.0. The fourth-order valence-corrected chi connectivity index (χ4v) is 4.20. The molecule has 0 saturated carbocycles. The van der Waals surface area contributed by atoms with Crippen molar-refractivity contribution in [1.82, 2.24) is 4.90 Å². The SMILES string of the molecule is C=CCOC(=O)N1C[C@@H]2Cc3ccccc3CN2C(=O)c2cc(OC)c(OCC)cc21. The van der Waals surface area contributed by atoms with E-state index in [9.17, 15) is 9.59 Å². The molecule has 0 fully saturated rings. The number of anilines is 1. The Morgan fingerprint density at radius 3 is 2.71 bits per heavy atom. The average Bonchev–Trinajstić information content (AvgIpc) is 2.90. The third-order valence-corrected chi connectivity index (χ3v) is 5.66. The first-order chi connectivity index (χ1) is 15.1. The molecule has 7 heteroatoms. The zero-order valence-electron chi connectivity index (χ0n) is 17.8. The fourth-order valence-electron chi connectivity index (χ4n) is 4.20. The molecule has 2 amide bonds. The van der Waals surface area contributed by atoms with E-state index in [1.807, 2.05) is 30.0 Å². The number of benzene rings is 2. The maximum Gasteiger partial charge on any atom is 0.414 e. The fraction of sp³-hybridized carbons (Fsp3) is 0.333. The summed E-state index contributed by atoms with van der Waals surface area (Å²) in [5.41, 5.74) is 3.16.